The van der Waals surface area contributed by atoms with Crippen molar-refractivity contribution in [3.05, 3.63) is 71.8 Å². The Hall–Kier alpha value is -3.15. The van der Waals surface area contributed by atoms with Crippen LogP contribution in [0.25, 0.3) is 5.69 Å². The first-order chi connectivity index (χ1) is 12.7. The fourth-order valence-corrected chi connectivity index (χ4v) is 3.17. The summed E-state index contributed by atoms with van der Waals surface area (Å²) in [4.78, 5) is 12.1. The third-order valence-electron chi connectivity index (χ3n) is 4.42. The maximum absolute atomic E-state index is 14.2. The molecule has 0 fully saturated rings. The average Bonchev–Trinajstić information content (AvgIpc) is 3.31. The second kappa shape index (κ2) is 7.00. The van der Waals surface area contributed by atoms with Crippen molar-refractivity contribution in [3.8, 4) is 11.4 Å². The second-order valence-electron chi connectivity index (χ2n) is 6.24. The summed E-state index contributed by atoms with van der Waals surface area (Å²) in [6.07, 6.45) is 6.56. The van der Waals surface area contributed by atoms with Crippen LogP contribution in [0.5, 0.6) is 5.75 Å². The van der Waals surface area contributed by atoms with Crippen LogP contribution in [0.15, 0.2) is 54.9 Å². The molecule has 0 aliphatic heterocycles. The molecule has 3 aromatic rings. The van der Waals surface area contributed by atoms with Crippen LogP contribution >= 0.6 is 0 Å². The van der Waals surface area contributed by atoms with Crippen molar-refractivity contribution in [1.29, 1.82) is 0 Å². The second-order valence-corrected chi connectivity index (χ2v) is 6.24. The van der Waals surface area contributed by atoms with Gasteiger partial charge in [-0.15, -0.1) is 0 Å². The van der Waals surface area contributed by atoms with Gasteiger partial charge in [-0.05, 0) is 66.8 Å². The topological polar surface area (TPSA) is 56.1 Å². The van der Waals surface area contributed by atoms with Crippen molar-refractivity contribution in [2.45, 2.75) is 19.3 Å². The summed E-state index contributed by atoms with van der Waals surface area (Å²) in [5, 5.41) is 6.64. The number of fused-ring (bicyclic) bond motifs is 1. The summed E-state index contributed by atoms with van der Waals surface area (Å²) in [6.45, 7) is -0.124. The maximum atomic E-state index is 14.2. The number of rotatable bonds is 5. The van der Waals surface area contributed by atoms with Gasteiger partial charge in [0, 0.05) is 18.1 Å². The molecule has 5 nitrogen and oxygen atoms in total. The highest BCUT2D eigenvalue weighted by Gasteiger charge is 2.12. The lowest BCUT2D eigenvalue weighted by molar-refractivity contribution is -0.118. The molecule has 6 heteroatoms. The normalized spacial score (nSPS) is 12.7. The van der Waals surface area contributed by atoms with E-state index in [0.29, 0.717) is 17.1 Å². The van der Waals surface area contributed by atoms with E-state index in [9.17, 15) is 9.18 Å². The van der Waals surface area contributed by atoms with Gasteiger partial charge < -0.3 is 10.1 Å². The molecular weight excluding hydrogens is 333 g/mol. The molecule has 1 aliphatic rings. The lowest BCUT2D eigenvalue weighted by Crippen LogP contribution is -2.20. The highest BCUT2D eigenvalue weighted by atomic mass is 19.1. The summed E-state index contributed by atoms with van der Waals surface area (Å²) >= 11 is 0. The number of halogens is 1. The molecule has 2 aromatic carbocycles. The highest BCUT2D eigenvalue weighted by molar-refractivity contribution is 5.92. The third-order valence-corrected chi connectivity index (χ3v) is 4.42. The number of nitrogens with zero attached hydrogens (tertiary/aromatic N) is 2. The Morgan fingerprint density at radius 1 is 1.19 bits per heavy atom. The molecule has 1 aliphatic carbocycles. The van der Waals surface area contributed by atoms with Crippen molar-refractivity contribution in [3.63, 3.8) is 0 Å². The number of carbonyl (C=O) groups is 1. The Bertz CT molecular complexity index is 938. The Balaban J connectivity index is 1.37. The molecule has 132 valence electrons. The van der Waals surface area contributed by atoms with Crippen molar-refractivity contribution in [2.75, 3.05) is 11.9 Å². The SMILES string of the molecule is O=C(COc1ccc2c(c1)CCC2)Nc1ccc(-n2cccn2)c(F)c1. The number of amides is 1. The maximum Gasteiger partial charge on any atom is 0.262 e. The molecule has 0 saturated carbocycles. The number of carbonyl (C=O) groups excluding carboxylic acids is 1. The fraction of sp³-hybridized carbons (Fsp3) is 0.200. The monoisotopic (exact) mass is 351 g/mol. The van der Waals surface area contributed by atoms with Gasteiger partial charge in [0.15, 0.2) is 12.4 Å². The molecule has 1 aromatic heterocycles. The van der Waals surface area contributed by atoms with Gasteiger partial charge in [0.05, 0.1) is 0 Å². The molecule has 4 rings (SSSR count). The van der Waals surface area contributed by atoms with Gasteiger partial charge in [0.25, 0.3) is 5.91 Å². The van der Waals surface area contributed by atoms with Crippen LogP contribution in [0.1, 0.15) is 17.5 Å². The first-order valence-electron chi connectivity index (χ1n) is 8.53. The van der Waals surface area contributed by atoms with Crippen molar-refractivity contribution in [1.82, 2.24) is 9.78 Å². The van der Waals surface area contributed by atoms with Crippen LogP contribution in [0, 0.1) is 5.82 Å². The van der Waals surface area contributed by atoms with Gasteiger partial charge in [-0.3, -0.25) is 4.79 Å². The van der Waals surface area contributed by atoms with Crippen LogP contribution in [-0.2, 0) is 17.6 Å². The number of anilines is 1. The number of aromatic nitrogens is 2. The minimum Gasteiger partial charge on any atom is -0.484 e. The summed E-state index contributed by atoms with van der Waals surface area (Å²) in [6, 6.07) is 12.1. The molecular formula is C20H18FN3O2. The Kier molecular flexibility index (Phi) is 4.39. The van der Waals surface area contributed by atoms with Crippen molar-refractivity contribution < 1.29 is 13.9 Å². The number of aryl methyl sites for hydroxylation is 2. The predicted octanol–water partition coefficient (Wildman–Crippen LogP) is 3.52. The number of benzene rings is 2. The zero-order valence-electron chi connectivity index (χ0n) is 14.1. The van der Waals surface area contributed by atoms with E-state index in [1.165, 1.54) is 28.3 Å². The van der Waals surface area contributed by atoms with E-state index in [-0.39, 0.29) is 12.5 Å². The molecule has 0 spiro atoms. The smallest absolute Gasteiger partial charge is 0.262 e. The van der Waals surface area contributed by atoms with Gasteiger partial charge in [-0.25, -0.2) is 9.07 Å². The number of hydrogen-bond donors (Lipinski definition) is 1. The Morgan fingerprint density at radius 2 is 2.08 bits per heavy atom. The van der Waals surface area contributed by atoms with Crippen LogP contribution in [0.4, 0.5) is 10.1 Å². The molecule has 0 bridgehead atoms. The zero-order valence-corrected chi connectivity index (χ0v) is 14.1. The molecule has 26 heavy (non-hydrogen) atoms. The van der Waals surface area contributed by atoms with Crippen molar-refractivity contribution >= 4 is 11.6 Å². The minimum absolute atomic E-state index is 0.124. The van der Waals surface area contributed by atoms with E-state index >= 15 is 0 Å². The third kappa shape index (κ3) is 3.44. The summed E-state index contributed by atoms with van der Waals surface area (Å²) in [5.41, 5.74) is 3.34. The number of ether oxygens (including phenoxy) is 1. The number of hydrogen-bond acceptors (Lipinski definition) is 3. The summed E-state index contributed by atoms with van der Waals surface area (Å²) in [5.74, 6) is -0.121. The van der Waals surface area contributed by atoms with Gasteiger partial charge in [0.1, 0.15) is 11.4 Å². The molecule has 0 saturated heterocycles. The molecule has 0 radical (unpaired) electrons. The first kappa shape index (κ1) is 16.3. The van der Waals surface area contributed by atoms with Gasteiger partial charge >= 0.3 is 0 Å². The molecule has 0 unspecified atom stereocenters. The fourth-order valence-electron chi connectivity index (χ4n) is 3.17. The van der Waals surface area contributed by atoms with Crippen LogP contribution in [-0.4, -0.2) is 22.3 Å². The molecule has 1 amide bonds. The predicted molar refractivity (Wildman–Crippen MR) is 96.1 cm³/mol. The summed E-state index contributed by atoms with van der Waals surface area (Å²) in [7, 11) is 0. The van der Waals surface area contributed by atoms with Crippen LogP contribution in [0.2, 0.25) is 0 Å². The lowest BCUT2D eigenvalue weighted by atomic mass is 10.1. The first-order valence-corrected chi connectivity index (χ1v) is 8.53. The van der Waals surface area contributed by atoms with Crippen molar-refractivity contribution in [2.24, 2.45) is 0 Å². The molecule has 0 atom stereocenters. The summed E-state index contributed by atoms with van der Waals surface area (Å²) < 4.78 is 21.2. The zero-order chi connectivity index (χ0) is 17.9. The average molecular weight is 351 g/mol. The van der Waals surface area contributed by atoms with E-state index in [4.69, 9.17) is 4.74 Å². The van der Waals surface area contributed by atoms with Gasteiger partial charge in [-0.1, -0.05) is 6.07 Å². The molecule has 1 heterocycles. The van der Waals surface area contributed by atoms with E-state index in [0.717, 1.165) is 12.8 Å². The largest absolute Gasteiger partial charge is 0.484 e. The minimum atomic E-state index is -0.467. The Labute approximate surface area is 150 Å². The number of nitrogens with one attached hydrogen (secondary N) is 1. The highest BCUT2D eigenvalue weighted by Crippen LogP contribution is 2.26. The van der Waals surface area contributed by atoms with Crippen LogP contribution < -0.4 is 10.1 Å². The van der Waals surface area contributed by atoms with E-state index < -0.39 is 5.82 Å². The van der Waals surface area contributed by atoms with E-state index in [2.05, 4.69) is 16.5 Å². The molecule has 1 N–H and O–H groups in total. The lowest BCUT2D eigenvalue weighted by Gasteiger charge is -2.10. The van der Waals surface area contributed by atoms with E-state index in [1.54, 1.807) is 30.6 Å². The van der Waals surface area contributed by atoms with Gasteiger partial charge in [-0.2, -0.15) is 5.10 Å². The van der Waals surface area contributed by atoms with E-state index in [1.807, 2.05) is 12.1 Å². The Morgan fingerprint density at radius 3 is 2.88 bits per heavy atom. The standard InChI is InChI=1S/C20H18FN3O2/c21-18-12-16(6-8-19(18)24-10-2-9-22-24)23-20(25)13-26-17-7-5-14-3-1-4-15(14)11-17/h2,5-12H,1,3-4,13H2,(H,23,25). The van der Waals surface area contributed by atoms with Crippen LogP contribution in [0.3, 0.4) is 0 Å². The van der Waals surface area contributed by atoms with Gasteiger partial charge in [0.2, 0.25) is 0 Å². The quantitative estimate of drug-likeness (QED) is 0.765.